The van der Waals surface area contributed by atoms with Crippen molar-refractivity contribution in [1.29, 1.82) is 0 Å². The van der Waals surface area contributed by atoms with E-state index < -0.39 is 0 Å². The number of nitrogens with zero attached hydrogens (tertiary/aromatic N) is 1. The Balaban J connectivity index is 1.59. The van der Waals surface area contributed by atoms with E-state index in [-0.39, 0.29) is 11.9 Å². The van der Waals surface area contributed by atoms with E-state index in [4.69, 9.17) is 22.1 Å². The number of hydrogen-bond acceptors (Lipinski definition) is 5. The van der Waals surface area contributed by atoms with Crippen LogP contribution in [0.4, 0.5) is 4.39 Å². The molecule has 0 amide bonds. The second-order valence-electron chi connectivity index (χ2n) is 8.06. The SMILES string of the molecule is N/C=C\C=C/C(CC1=C(Cl)C=NC(NCC2CCCOC2)=CC1)NCc1cccc(F)c1. The molecule has 0 aromatic heterocycles. The van der Waals surface area contributed by atoms with Crippen LogP contribution in [0.1, 0.15) is 31.2 Å². The lowest BCUT2D eigenvalue weighted by molar-refractivity contribution is 0.0557. The molecule has 32 heavy (non-hydrogen) atoms. The Bertz CT molecular complexity index is 888. The topological polar surface area (TPSA) is 71.7 Å². The smallest absolute Gasteiger partial charge is 0.123 e. The van der Waals surface area contributed by atoms with Gasteiger partial charge < -0.3 is 21.1 Å². The van der Waals surface area contributed by atoms with E-state index in [0.717, 1.165) is 43.1 Å². The van der Waals surface area contributed by atoms with Gasteiger partial charge in [-0.2, -0.15) is 0 Å². The highest BCUT2D eigenvalue weighted by atomic mass is 35.5. The first-order chi connectivity index (χ1) is 15.6. The summed E-state index contributed by atoms with van der Waals surface area (Å²) in [4.78, 5) is 4.51. The largest absolute Gasteiger partial charge is 0.405 e. The van der Waals surface area contributed by atoms with Gasteiger partial charge in [0.15, 0.2) is 0 Å². The van der Waals surface area contributed by atoms with Gasteiger partial charge in [0.25, 0.3) is 0 Å². The minimum absolute atomic E-state index is 0.00825. The maximum atomic E-state index is 13.5. The van der Waals surface area contributed by atoms with Crippen LogP contribution < -0.4 is 16.4 Å². The first-order valence-electron chi connectivity index (χ1n) is 11.1. The minimum Gasteiger partial charge on any atom is -0.405 e. The molecule has 2 unspecified atom stereocenters. The van der Waals surface area contributed by atoms with E-state index in [1.165, 1.54) is 24.8 Å². The zero-order valence-corrected chi connectivity index (χ0v) is 19.0. The first-order valence-corrected chi connectivity index (χ1v) is 11.5. The molecule has 2 aliphatic heterocycles. The van der Waals surface area contributed by atoms with Crippen LogP contribution in [-0.2, 0) is 11.3 Å². The molecule has 0 aliphatic carbocycles. The average molecular weight is 459 g/mol. The highest BCUT2D eigenvalue weighted by Gasteiger charge is 2.16. The van der Waals surface area contributed by atoms with Crippen molar-refractivity contribution >= 4 is 17.8 Å². The highest BCUT2D eigenvalue weighted by molar-refractivity contribution is 6.39. The number of nitrogens with two attached hydrogens (primary N) is 1. The first kappa shape index (κ1) is 24.2. The van der Waals surface area contributed by atoms with Crippen molar-refractivity contribution in [2.24, 2.45) is 16.6 Å². The summed E-state index contributed by atoms with van der Waals surface area (Å²) in [5.74, 6) is 1.12. The number of rotatable bonds is 10. The van der Waals surface area contributed by atoms with E-state index >= 15 is 0 Å². The Hall–Kier alpha value is -2.41. The number of allylic oxidation sites excluding steroid dienone is 4. The van der Waals surface area contributed by atoms with Gasteiger partial charge >= 0.3 is 0 Å². The van der Waals surface area contributed by atoms with Gasteiger partial charge in [-0.15, -0.1) is 0 Å². The van der Waals surface area contributed by atoms with Crippen LogP contribution in [0.3, 0.4) is 0 Å². The van der Waals surface area contributed by atoms with Crippen LogP contribution in [-0.4, -0.2) is 32.0 Å². The number of nitrogens with one attached hydrogen (secondary N) is 2. The molecule has 4 N–H and O–H groups in total. The Morgan fingerprint density at radius 2 is 2.25 bits per heavy atom. The summed E-state index contributed by atoms with van der Waals surface area (Å²) in [7, 11) is 0. The molecule has 2 aliphatic rings. The molecule has 2 atom stereocenters. The van der Waals surface area contributed by atoms with E-state index in [1.807, 2.05) is 18.2 Å². The number of hydrogen-bond donors (Lipinski definition) is 3. The van der Waals surface area contributed by atoms with Crippen molar-refractivity contribution < 1.29 is 9.13 Å². The molecule has 1 saturated heterocycles. The molecule has 0 radical (unpaired) electrons. The van der Waals surface area contributed by atoms with Crippen molar-refractivity contribution in [3.05, 3.63) is 82.6 Å². The molecule has 0 spiro atoms. The Morgan fingerprint density at radius 1 is 1.34 bits per heavy atom. The maximum absolute atomic E-state index is 13.5. The number of ether oxygens (including phenoxy) is 1. The standard InChI is InChI=1S/C25H32ClFN4O/c26-24-17-31-25(30-16-20-6-4-12-32-18-20)10-9-21(24)14-23(8-1-2-11-28)29-15-19-5-3-7-22(27)13-19/h1-3,5,7-8,10-11,13,17,20,23,29-30H,4,6,9,12,14-16,18,28H2/b8-1-,11-2-. The van der Waals surface area contributed by atoms with Gasteiger partial charge in [0.1, 0.15) is 11.6 Å². The molecule has 0 saturated carbocycles. The quantitative estimate of drug-likeness (QED) is 0.450. The van der Waals surface area contributed by atoms with Crippen molar-refractivity contribution in [2.45, 2.75) is 38.3 Å². The molecule has 172 valence electrons. The number of halogens is 2. The van der Waals surface area contributed by atoms with Gasteiger partial charge in [0, 0.05) is 32.0 Å². The average Bonchev–Trinajstić information content (AvgIpc) is 2.98. The second-order valence-corrected chi connectivity index (χ2v) is 8.47. The van der Waals surface area contributed by atoms with Crippen LogP contribution in [0.15, 0.2) is 76.2 Å². The third-order valence-corrected chi connectivity index (χ3v) is 5.88. The van der Waals surface area contributed by atoms with Gasteiger partial charge in [0.05, 0.1) is 11.6 Å². The predicted octanol–water partition coefficient (Wildman–Crippen LogP) is 4.53. The zero-order valence-electron chi connectivity index (χ0n) is 18.3. The van der Waals surface area contributed by atoms with Gasteiger partial charge in [0.2, 0.25) is 0 Å². The highest BCUT2D eigenvalue weighted by Crippen LogP contribution is 2.23. The van der Waals surface area contributed by atoms with Crippen molar-refractivity contribution in [3.63, 3.8) is 0 Å². The molecule has 1 aromatic rings. The number of benzene rings is 1. The fourth-order valence-corrected chi connectivity index (χ4v) is 3.94. The molecule has 5 nitrogen and oxygen atoms in total. The summed E-state index contributed by atoms with van der Waals surface area (Å²) in [5.41, 5.74) is 7.43. The van der Waals surface area contributed by atoms with E-state index in [9.17, 15) is 4.39 Å². The normalized spacial score (nSPS) is 20.6. The van der Waals surface area contributed by atoms with Crippen molar-refractivity contribution in [3.8, 4) is 0 Å². The maximum Gasteiger partial charge on any atom is 0.123 e. The van der Waals surface area contributed by atoms with Crippen LogP contribution in [0.2, 0.25) is 0 Å². The summed E-state index contributed by atoms with van der Waals surface area (Å²) in [6, 6.07) is 6.61. The van der Waals surface area contributed by atoms with Crippen molar-refractivity contribution in [2.75, 3.05) is 19.8 Å². The molecule has 0 bridgehead atoms. The Morgan fingerprint density at radius 3 is 3.03 bits per heavy atom. The van der Waals surface area contributed by atoms with Crippen LogP contribution in [0, 0.1) is 11.7 Å². The monoisotopic (exact) mass is 458 g/mol. The lowest BCUT2D eigenvalue weighted by Crippen LogP contribution is -2.28. The minimum atomic E-state index is -0.238. The van der Waals surface area contributed by atoms with Gasteiger partial charge in [-0.05, 0) is 73.2 Å². The molecular weight excluding hydrogens is 427 g/mol. The van der Waals surface area contributed by atoms with Gasteiger partial charge in [-0.1, -0.05) is 35.9 Å². The molecule has 3 rings (SSSR count). The third-order valence-electron chi connectivity index (χ3n) is 5.51. The van der Waals surface area contributed by atoms with E-state index in [2.05, 4.69) is 21.7 Å². The van der Waals surface area contributed by atoms with Crippen LogP contribution >= 0.6 is 11.6 Å². The van der Waals surface area contributed by atoms with E-state index in [1.54, 1.807) is 18.4 Å². The molecule has 2 heterocycles. The van der Waals surface area contributed by atoms with Crippen LogP contribution in [0.25, 0.3) is 0 Å². The fraction of sp³-hybridized carbons (Fsp3) is 0.400. The summed E-state index contributed by atoms with van der Waals surface area (Å²) < 4.78 is 19.1. The Kier molecular flexibility index (Phi) is 10.0. The second kappa shape index (κ2) is 13.2. The fourth-order valence-electron chi connectivity index (χ4n) is 3.74. The zero-order chi connectivity index (χ0) is 22.6. The number of aliphatic imine (C=N–C) groups is 1. The van der Waals surface area contributed by atoms with Crippen LogP contribution in [0.5, 0.6) is 0 Å². The third kappa shape index (κ3) is 8.26. The summed E-state index contributed by atoms with van der Waals surface area (Å²) in [5, 5.41) is 7.56. The Labute approximate surface area is 195 Å². The van der Waals surface area contributed by atoms with Gasteiger partial charge in [-0.3, -0.25) is 0 Å². The molecule has 1 aromatic carbocycles. The summed E-state index contributed by atoms with van der Waals surface area (Å²) in [6.07, 6.45) is 14.7. The van der Waals surface area contributed by atoms with E-state index in [0.29, 0.717) is 30.3 Å². The summed E-state index contributed by atoms with van der Waals surface area (Å²) in [6.45, 7) is 3.06. The molecule has 7 heteroatoms. The van der Waals surface area contributed by atoms with Crippen molar-refractivity contribution in [1.82, 2.24) is 10.6 Å². The molecule has 1 fully saturated rings. The summed E-state index contributed by atoms with van der Waals surface area (Å²) >= 11 is 6.56. The lowest BCUT2D eigenvalue weighted by atomic mass is 10.0. The van der Waals surface area contributed by atoms with Gasteiger partial charge in [-0.25, -0.2) is 9.38 Å². The molecular formula is C25H32ClFN4O. The predicted molar refractivity (Wildman–Crippen MR) is 130 cm³/mol. The lowest BCUT2D eigenvalue weighted by Gasteiger charge is -2.22.